The van der Waals surface area contributed by atoms with Crippen molar-refractivity contribution in [3.05, 3.63) is 126 Å². The predicted molar refractivity (Wildman–Crippen MR) is 151 cm³/mol. The van der Waals surface area contributed by atoms with Crippen LogP contribution in [0.5, 0.6) is 0 Å². The largest absolute Gasteiger partial charge is 0.371 e. The molecule has 5 nitrogen and oxygen atoms in total. The molecule has 0 radical (unpaired) electrons. The second-order valence-corrected chi connectivity index (χ2v) is 9.84. The first-order valence-electron chi connectivity index (χ1n) is 13.5. The summed E-state index contributed by atoms with van der Waals surface area (Å²) in [7, 11) is 0. The number of anilines is 1. The molecule has 190 valence electrons. The summed E-state index contributed by atoms with van der Waals surface area (Å²) in [6.07, 6.45) is 7.10. The van der Waals surface area contributed by atoms with E-state index in [1.54, 1.807) is 0 Å². The maximum atomic E-state index is 4.57. The number of nitrogens with zero attached hydrogens (tertiary/aromatic N) is 4. The number of pyridine rings is 2. The number of rotatable bonds is 11. The molecule has 1 N–H and O–H groups in total. The average Bonchev–Trinajstić information content (AvgIpc) is 2.98. The predicted octanol–water partition coefficient (Wildman–Crippen LogP) is 5.48. The van der Waals surface area contributed by atoms with Crippen LogP contribution >= 0.6 is 0 Å². The highest BCUT2D eigenvalue weighted by atomic mass is 15.2. The van der Waals surface area contributed by atoms with Crippen molar-refractivity contribution in [2.24, 2.45) is 0 Å². The van der Waals surface area contributed by atoms with Gasteiger partial charge < -0.3 is 10.2 Å². The normalized spacial score (nSPS) is 14.2. The summed E-state index contributed by atoms with van der Waals surface area (Å²) in [6, 6.07) is 32.8. The van der Waals surface area contributed by atoms with Crippen molar-refractivity contribution < 1.29 is 0 Å². The molecule has 0 saturated carbocycles. The van der Waals surface area contributed by atoms with Crippen LogP contribution in [-0.4, -0.2) is 40.5 Å². The van der Waals surface area contributed by atoms with Crippen LogP contribution in [0.1, 0.15) is 35.4 Å². The highest BCUT2D eigenvalue weighted by Crippen LogP contribution is 2.24. The van der Waals surface area contributed by atoms with E-state index in [4.69, 9.17) is 0 Å². The van der Waals surface area contributed by atoms with Gasteiger partial charge in [0.05, 0.1) is 5.69 Å². The van der Waals surface area contributed by atoms with Crippen LogP contribution in [-0.2, 0) is 26.1 Å². The molecule has 2 aromatic heterocycles. The van der Waals surface area contributed by atoms with Gasteiger partial charge in [-0.2, -0.15) is 0 Å². The fourth-order valence-electron chi connectivity index (χ4n) is 5.16. The van der Waals surface area contributed by atoms with Gasteiger partial charge in [0.25, 0.3) is 0 Å². The van der Waals surface area contributed by atoms with Crippen molar-refractivity contribution in [2.75, 3.05) is 24.5 Å². The number of para-hydroxylation sites is 1. The Bertz CT molecular complexity index is 1170. The maximum Gasteiger partial charge on any atom is 0.0541 e. The minimum Gasteiger partial charge on any atom is -0.371 e. The van der Waals surface area contributed by atoms with Crippen molar-refractivity contribution in [1.29, 1.82) is 0 Å². The molecule has 1 aliphatic rings. The molecular formula is C32H37N5. The van der Waals surface area contributed by atoms with E-state index in [2.05, 4.69) is 97.9 Å². The van der Waals surface area contributed by atoms with E-state index in [0.717, 1.165) is 51.4 Å². The van der Waals surface area contributed by atoms with E-state index in [9.17, 15) is 0 Å². The quantitative estimate of drug-likeness (QED) is 0.301. The Balaban J connectivity index is 1.18. The fraction of sp³-hybridized carbons (Fsp3) is 0.312. The molecule has 0 aliphatic carbocycles. The minimum absolute atomic E-state index is 0.586. The number of hydrogen-bond acceptors (Lipinski definition) is 5. The Kier molecular flexibility index (Phi) is 8.92. The first kappa shape index (κ1) is 25.1. The van der Waals surface area contributed by atoms with Gasteiger partial charge in [-0.3, -0.25) is 14.9 Å². The lowest BCUT2D eigenvalue weighted by Crippen LogP contribution is -2.45. The third kappa shape index (κ3) is 7.48. The zero-order chi connectivity index (χ0) is 25.1. The van der Waals surface area contributed by atoms with Crippen LogP contribution in [0.15, 0.2) is 103 Å². The topological polar surface area (TPSA) is 44.3 Å². The molecular weight excluding hydrogens is 454 g/mol. The average molecular weight is 492 g/mol. The molecule has 0 spiro atoms. The van der Waals surface area contributed by atoms with Gasteiger partial charge in [0.1, 0.15) is 0 Å². The molecule has 4 aromatic rings. The summed E-state index contributed by atoms with van der Waals surface area (Å²) in [5, 5.41) is 3.50. The lowest BCUT2D eigenvalue weighted by molar-refractivity contribution is 0.162. The smallest absolute Gasteiger partial charge is 0.0541 e. The van der Waals surface area contributed by atoms with Crippen LogP contribution in [0.3, 0.4) is 0 Å². The second-order valence-electron chi connectivity index (χ2n) is 9.84. The summed E-state index contributed by atoms with van der Waals surface area (Å²) in [5.74, 6) is 0. The van der Waals surface area contributed by atoms with Crippen molar-refractivity contribution in [3.63, 3.8) is 0 Å². The summed E-state index contributed by atoms with van der Waals surface area (Å²) < 4.78 is 0. The Morgan fingerprint density at radius 2 is 1.35 bits per heavy atom. The standard InChI is InChI=1S/C32H37N5/c1-2-10-31(11-3-1)36-22-17-32(18-23-36)37(21-16-29-8-4-6-19-34-29)26-28-14-12-27(13-15-28)24-33-25-30-9-5-7-20-35-30/h1-15,19-20,32-33H,16-18,21-26H2. The van der Waals surface area contributed by atoms with Gasteiger partial charge in [-0.15, -0.1) is 0 Å². The van der Waals surface area contributed by atoms with Gasteiger partial charge in [-0.25, -0.2) is 0 Å². The number of benzene rings is 2. The first-order valence-corrected chi connectivity index (χ1v) is 13.5. The molecule has 1 aliphatic heterocycles. The molecule has 0 atom stereocenters. The highest BCUT2D eigenvalue weighted by molar-refractivity contribution is 5.46. The monoisotopic (exact) mass is 491 g/mol. The van der Waals surface area contributed by atoms with Gasteiger partial charge in [-0.05, 0) is 60.4 Å². The maximum absolute atomic E-state index is 4.57. The van der Waals surface area contributed by atoms with Crippen molar-refractivity contribution in [1.82, 2.24) is 20.2 Å². The fourth-order valence-corrected chi connectivity index (χ4v) is 5.16. The lowest BCUT2D eigenvalue weighted by Gasteiger charge is -2.39. The Labute approximate surface area is 221 Å². The SMILES string of the molecule is c1ccc(N2CCC(N(CCc3ccccn3)Cc3ccc(CNCc4ccccn4)cc3)CC2)cc1. The Hall–Kier alpha value is -3.54. The number of hydrogen-bond donors (Lipinski definition) is 1. The van der Waals surface area contributed by atoms with Crippen molar-refractivity contribution in [3.8, 4) is 0 Å². The van der Waals surface area contributed by atoms with Gasteiger partial charge in [-0.1, -0.05) is 54.6 Å². The summed E-state index contributed by atoms with van der Waals surface area (Å²) in [6.45, 7) is 5.85. The van der Waals surface area contributed by atoms with Gasteiger partial charge in [0.15, 0.2) is 0 Å². The number of aromatic nitrogens is 2. The van der Waals surface area contributed by atoms with Crippen LogP contribution < -0.4 is 10.2 Å². The molecule has 0 unspecified atom stereocenters. The Morgan fingerprint density at radius 1 is 0.703 bits per heavy atom. The zero-order valence-corrected chi connectivity index (χ0v) is 21.5. The molecule has 5 heteroatoms. The second kappa shape index (κ2) is 13.1. The van der Waals surface area contributed by atoms with E-state index in [1.807, 2.05) is 30.6 Å². The molecule has 0 bridgehead atoms. The third-order valence-corrected chi connectivity index (χ3v) is 7.25. The highest BCUT2D eigenvalue weighted by Gasteiger charge is 2.25. The van der Waals surface area contributed by atoms with Gasteiger partial charge in [0.2, 0.25) is 0 Å². The third-order valence-electron chi connectivity index (χ3n) is 7.25. The van der Waals surface area contributed by atoms with E-state index < -0.39 is 0 Å². The van der Waals surface area contributed by atoms with E-state index in [1.165, 1.54) is 35.3 Å². The molecule has 5 rings (SSSR count). The molecule has 37 heavy (non-hydrogen) atoms. The molecule has 0 amide bonds. The molecule has 3 heterocycles. The van der Waals surface area contributed by atoms with E-state index in [0.29, 0.717) is 6.04 Å². The van der Waals surface area contributed by atoms with Crippen LogP contribution in [0.25, 0.3) is 0 Å². The summed E-state index contributed by atoms with van der Waals surface area (Å²) in [5.41, 5.74) is 6.26. The van der Waals surface area contributed by atoms with Crippen LogP contribution in [0, 0.1) is 0 Å². The first-order chi connectivity index (χ1) is 18.3. The van der Waals surface area contributed by atoms with Crippen molar-refractivity contribution in [2.45, 2.75) is 44.9 Å². The van der Waals surface area contributed by atoms with Gasteiger partial charge in [0, 0.05) is 75.5 Å². The number of nitrogens with one attached hydrogen (secondary N) is 1. The molecule has 1 saturated heterocycles. The Morgan fingerprint density at radius 3 is 2.03 bits per heavy atom. The lowest BCUT2D eigenvalue weighted by atomic mass is 10.0. The molecule has 1 fully saturated rings. The van der Waals surface area contributed by atoms with Crippen LogP contribution in [0.2, 0.25) is 0 Å². The molecule has 2 aromatic carbocycles. The zero-order valence-electron chi connectivity index (χ0n) is 21.5. The minimum atomic E-state index is 0.586. The van der Waals surface area contributed by atoms with E-state index >= 15 is 0 Å². The van der Waals surface area contributed by atoms with Crippen molar-refractivity contribution >= 4 is 5.69 Å². The van der Waals surface area contributed by atoms with Gasteiger partial charge >= 0.3 is 0 Å². The summed E-state index contributed by atoms with van der Waals surface area (Å²) >= 11 is 0. The van der Waals surface area contributed by atoms with Crippen LogP contribution in [0.4, 0.5) is 5.69 Å². The number of piperidine rings is 1. The van der Waals surface area contributed by atoms with E-state index in [-0.39, 0.29) is 0 Å². The summed E-state index contributed by atoms with van der Waals surface area (Å²) in [4.78, 5) is 14.2.